The lowest BCUT2D eigenvalue weighted by Crippen LogP contribution is -2.49. The van der Waals surface area contributed by atoms with Crippen LogP contribution in [0.1, 0.15) is 48.7 Å². The van der Waals surface area contributed by atoms with Crippen molar-refractivity contribution in [3.8, 4) is 0 Å². The number of hydrogen-bond donors (Lipinski definition) is 1. The van der Waals surface area contributed by atoms with Crippen molar-refractivity contribution < 1.29 is 27.5 Å². The standard InChI is InChI=1S/C19H24F3N5O3/c1-11(28)27-13-2-3-14(27)9-12(8-13)24-18-23-10-15(16(25-18)19(20,21)22)17(29)26-4-6-30-7-5-26/h10,12-14H,2-9H2,1H3,(H,23,24,25)/t12-,13-,14+. The predicted molar refractivity (Wildman–Crippen MR) is 99.7 cm³/mol. The molecule has 0 aliphatic carbocycles. The summed E-state index contributed by atoms with van der Waals surface area (Å²) in [5.74, 6) is -0.867. The molecule has 3 aliphatic heterocycles. The zero-order valence-corrected chi connectivity index (χ0v) is 16.6. The molecule has 2 bridgehead atoms. The van der Waals surface area contributed by atoms with Crippen LogP contribution in [0.25, 0.3) is 0 Å². The molecule has 3 saturated heterocycles. The van der Waals surface area contributed by atoms with E-state index < -0.39 is 23.3 Å². The second-order valence-corrected chi connectivity index (χ2v) is 7.98. The van der Waals surface area contributed by atoms with Gasteiger partial charge in [0.15, 0.2) is 5.69 Å². The van der Waals surface area contributed by atoms with Crippen molar-refractivity contribution in [1.82, 2.24) is 19.8 Å². The van der Waals surface area contributed by atoms with E-state index in [1.54, 1.807) is 6.92 Å². The Kier molecular flexibility index (Phi) is 5.56. The summed E-state index contributed by atoms with van der Waals surface area (Å²) in [7, 11) is 0. The molecule has 0 saturated carbocycles. The zero-order chi connectivity index (χ0) is 21.5. The first kappa shape index (κ1) is 20.8. The van der Waals surface area contributed by atoms with Crippen molar-refractivity contribution in [2.75, 3.05) is 31.6 Å². The van der Waals surface area contributed by atoms with Crippen molar-refractivity contribution in [2.24, 2.45) is 0 Å². The number of alkyl halides is 3. The van der Waals surface area contributed by atoms with Crippen LogP contribution in [0.15, 0.2) is 6.20 Å². The molecule has 0 spiro atoms. The van der Waals surface area contributed by atoms with Gasteiger partial charge in [0.1, 0.15) is 0 Å². The average Bonchev–Trinajstić information content (AvgIpc) is 2.99. The Morgan fingerprint density at radius 3 is 2.37 bits per heavy atom. The fraction of sp³-hybridized carbons (Fsp3) is 0.684. The molecule has 4 heterocycles. The highest BCUT2D eigenvalue weighted by Crippen LogP contribution is 2.37. The number of piperidine rings is 1. The lowest BCUT2D eigenvalue weighted by atomic mass is 9.97. The third-order valence-electron chi connectivity index (χ3n) is 6.02. The Labute approximate surface area is 171 Å². The van der Waals surface area contributed by atoms with Crippen molar-refractivity contribution in [3.63, 3.8) is 0 Å². The molecule has 8 nitrogen and oxygen atoms in total. The van der Waals surface area contributed by atoms with E-state index in [4.69, 9.17) is 4.74 Å². The highest BCUT2D eigenvalue weighted by atomic mass is 19.4. The van der Waals surface area contributed by atoms with Crippen LogP contribution in [-0.2, 0) is 15.7 Å². The normalized spacial score (nSPS) is 26.6. The molecular weight excluding hydrogens is 403 g/mol. The van der Waals surface area contributed by atoms with Crippen LogP contribution in [0.5, 0.6) is 0 Å². The molecule has 164 valence electrons. The van der Waals surface area contributed by atoms with Crippen LogP contribution in [0.3, 0.4) is 0 Å². The lowest BCUT2D eigenvalue weighted by Gasteiger charge is -2.38. The van der Waals surface area contributed by atoms with E-state index in [-0.39, 0.29) is 56.3 Å². The van der Waals surface area contributed by atoms with Gasteiger partial charge < -0.3 is 19.9 Å². The van der Waals surface area contributed by atoms with E-state index in [1.165, 1.54) is 4.90 Å². The van der Waals surface area contributed by atoms with Gasteiger partial charge in [0.25, 0.3) is 5.91 Å². The van der Waals surface area contributed by atoms with Gasteiger partial charge in [0.2, 0.25) is 11.9 Å². The minimum atomic E-state index is -4.78. The van der Waals surface area contributed by atoms with Gasteiger partial charge in [-0.1, -0.05) is 0 Å². The van der Waals surface area contributed by atoms with E-state index >= 15 is 0 Å². The van der Waals surface area contributed by atoms with Gasteiger partial charge in [-0.25, -0.2) is 9.97 Å². The van der Waals surface area contributed by atoms with E-state index in [2.05, 4.69) is 15.3 Å². The SMILES string of the molecule is CC(=O)N1[C@@H]2CC[C@H]1C[C@H](Nc1ncc(C(=O)N3CCOCC3)c(C(F)(F)F)n1)C2. The van der Waals surface area contributed by atoms with Gasteiger partial charge in [-0.05, 0) is 25.7 Å². The number of rotatable bonds is 3. The van der Waals surface area contributed by atoms with Crippen LogP contribution in [-0.4, -0.2) is 76.0 Å². The fourth-order valence-corrected chi connectivity index (χ4v) is 4.75. The number of hydrogen-bond acceptors (Lipinski definition) is 6. The molecule has 3 fully saturated rings. The van der Waals surface area contributed by atoms with Gasteiger partial charge in [-0.15, -0.1) is 0 Å². The second-order valence-electron chi connectivity index (χ2n) is 7.98. The third kappa shape index (κ3) is 4.07. The fourth-order valence-electron chi connectivity index (χ4n) is 4.75. The number of fused-ring (bicyclic) bond motifs is 2. The van der Waals surface area contributed by atoms with Gasteiger partial charge >= 0.3 is 6.18 Å². The van der Waals surface area contributed by atoms with Crippen LogP contribution in [0, 0.1) is 0 Å². The van der Waals surface area contributed by atoms with Crippen LogP contribution in [0.2, 0.25) is 0 Å². The maximum atomic E-state index is 13.7. The zero-order valence-electron chi connectivity index (χ0n) is 16.6. The van der Waals surface area contributed by atoms with Crippen molar-refractivity contribution >= 4 is 17.8 Å². The molecule has 30 heavy (non-hydrogen) atoms. The van der Waals surface area contributed by atoms with E-state index in [0.717, 1.165) is 19.0 Å². The minimum absolute atomic E-state index is 0.0301. The number of aromatic nitrogens is 2. The van der Waals surface area contributed by atoms with Gasteiger partial charge in [-0.2, -0.15) is 13.2 Å². The smallest absolute Gasteiger partial charge is 0.378 e. The van der Waals surface area contributed by atoms with Crippen molar-refractivity contribution in [3.05, 3.63) is 17.5 Å². The quantitative estimate of drug-likeness (QED) is 0.793. The Morgan fingerprint density at radius 1 is 1.17 bits per heavy atom. The van der Waals surface area contributed by atoms with Crippen molar-refractivity contribution in [1.29, 1.82) is 0 Å². The molecule has 1 aromatic rings. The molecule has 0 unspecified atom stereocenters. The Hall–Kier alpha value is -2.43. The molecule has 11 heteroatoms. The molecule has 3 aliphatic rings. The summed E-state index contributed by atoms with van der Waals surface area (Å²) in [6.45, 7) is 2.58. The maximum absolute atomic E-state index is 13.7. The number of carbonyl (C=O) groups excluding carboxylic acids is 2. The summed E-state index contributed by atoms with van der Waals surface area (Å²) >= 11 is 0. The van der Waals surface area contributed by atoms with E-state index in [0.29, 0.717) is 12.8 Å². The predicted octanol–water partition coefficient (Wildman–Crippen LogP) is 1.92. The van der Waals surface area contributed by atoms with Gasteiger partial charge in [0, 0.05) is 44.3 Å². The van der Waals surface area contributed by atoms with E-state index in [1.807, 2.05) is 4.90 Å². The highest BCUT2D eigenvalue weighted by molar-refractivity contribution is 5.95. The molecule has 1 aromatic heterocycles. The number of morpholine rings is 1. The Bertz CT molecular complexity index is 814. The molecule has 0 radical (unpaired) electrons. The van der Waals surface area contributed by atoms with Crippen LogP contribution in [0.4, 0.5) is 19.1 Å². The summed E-state index contributed by atoms with van der Waals surface area (Å²) in [6, 6.07) is 0.0472. The number of nitrogens with zero attached hydrogens (tertiary/aromatic N) is 4. The molecule has 0 aromatic carbocycles. The highest BCUT2D eigenvalue weighted by Gasteiger charge is 2.43. The number of nitrogens with one attached hydrogen (secondary N) is 1. The summed E-state index contributed by atoms with van der Waals surface area (Å²) in [5.41, 5.74) is -1.79. The first-order valence-corrected chi connectivity index (χ1v) is 10.1. The minimum Gasteiger partial charge on any atom is -0.378 e. The number of amides is 2. The third-order valence-corrected chi connectivity index (χ3v) is 6.02. The molecular formula is C19H24F3N5O3. The Balaban J connectivity index is 1.52. The first-order valence-electron chi connectivity index (χ1n) is 10.1. The lowest BCUT2D eigenvalue weighted by molar-refractivity contribution is -0.141. The Morgan fingerprint density at radius 2 is 1.80 bits per heavy atom. The number of ether oxygens (including phenoxy) is 1. The molecule has 2 amide bonds. The number of anilines is 1. The monoisotopic (exact) mass is 427 g/mol. The van der Waals surface area contributed by atoms with Gasteiger partial charge in [-0.3, -0.25) is 9.59 Å². The topological polar surface area (TPSA) is 87.7 Å². The summed E-state index contributed by atoms with van der Waals surface area (Å²) in [5, 5.41) is 2.99. The van der Waals surface area contributed by atoms with Gasteiger partial charge in [0.05, 0.1) is 18.8 Å². The maximum Gasteiger partial charge on any atom is 0.434 e. The van der Waals surface area contributed by atoms with Crippen LogP contribution < -0.4 is 5.32 Å². The molecule has 4 rings (SSSR count). The second kappa shape index (κ2) is 8.01. The van der Waals surface area contributed by atoms with E-state index in [9.17, 15) is 22.8 Å². The van der Waals surface area contributed by atoms with Crippen LogP contribution >= 0.6 is 0 Å². The number of carbonyl (C=O) groups is 2. The number of halogens is 3. The summed E-state index contributed by atoms with van der Waals surface area (Å²) < 4.78 is 46.1. The van der Waals surface area contributed by atoms with Crippen molar-refractivity contribution in [2.45, 2.75) is 56.9 Å². The summed E-state index contributed by atoms with van der Waals surface area (Å²) in [6.07, 6.45) is -0.776. The summed E-state index contributed by atoms with van der Waals surface area (Å²) in [4.78, 5) is 35.3. The largest absolute Gasteiger partial charge is 0.434 e. The molecule has 3 atom stereocenters. The average molecular weight is 427 g/mol. The first-order chi connectivity index (χ1) is 14.2. The molecule has 1 N–H and O–H groups in total.